The highest BCUT2D eigenvalue weighted by Gasteiger charge is 2.46. The minimum atomic E-state index is -1.76. The predicted octanol–water partition coefficient (Wildman–Crippen LogP) is -1.93. The van der Waals surface area contributed by atoms with Crippen LogP contribution in [-0.2, 0) is 16.1 Å². The summed E-state index contributed by atoms with van der Waals surface area (Å²) < 4.78 is 9.95. The second-order valence-electron chi connectivity index (χ2n) is 5.46. The van der Waals surface area contributed by atoms with Crippen LogP contribution in [0.25, 0.3) is 0 Å². The molecule has 1 heterocycles. The van der Waals surface area contributed by atoms with Gasteiger partial charge in [-0.25, -0.2) is 4.79 Å². The van der Waals surface area contributed by atoms with Crippen LogP contribution in [0.5, 0.6) is 0 Å². The SMILES string of the molecule is O=C(N[C@@H](CO)[C@H]1OC(O)[C@H](O)[C@@H](O)[C@H]1O)OCc1ccccc1. The molecule has 24 heavy (non-hydrogen) atoms. The van der Waals surface area contributed by atoms with E-state index in [0.717, 1.165) is 5.56 Å². The largest absolute Gasteiger partial charge is 0.445 e. The quantitative estimate of drug-likeness (QED) is 0.362. The molecule has 1 aliphatic rings. The second kappa shape index (κ2) is 8.38. The van der Waals surface area contributed by atoms with E-state index in [1.807, 2.05) is 6.07 Å². The van der Waals surface area contributed by atoms with Crippen LogP contribution in [-0.4, -0.2) is 75.0 Å². The zero-order chi connectivity index (χ0) is 17.7. The fraction of sp³-hybridized carbons (Fsp3) is 0.533. The maximum atomic E-state index is 11.8. The van der Waals surface area contributed by atoms with Crippen molar-refractivity contribution in [3.05, 3.63) is 35.9 Å². The van der Waals surface area contributed by atoms with E-state index in [-0.39, 0.29) is 6.61 Å². The molecule has 1 aromatic carbocycles. The molecule has 134 valence electrons. The first-order chi connectivity index (χ1) is 11.4. The molecule has 1 aliphatic heterocycles. The van der Waals surface area contributed by atoms with Gasteiger partial charge in [-0.05, 0) is 5.56 Å². The topological polar surface area (TPSA) is 149 Å². The number of aliphatic hydroxyl groups excluding tert-OH is 5. The van der Waals surface area contributed by atoms with Crippen molar-refractivity contribution in [3.63, 3.8) is 0 Å². The first-order valence-electron chi connectivity index (χ1n) is 7.40. The molecule has 1 fully saturated rings. The number of carbonyl (C=O) groups is 1. The van der Waals surface area contributed by atoms with E-state index in [0.29, 0.717) is 0 Å². The van der Waals surface area contributed by atoms with Gasteiger partial charge in [-0.3, -0.25) is 0 Å². The summed E-state index contributed by atoms with van der Waals surface area (Å²) in [6.45, 7) is -0.638. The fourth-order valence-corrected chi connectivity index (χ4v) is 2.37. The second-order valence-corrected chi connectivity index (χ2v) is 5.46. The Bertz CT molecular complexity index is 527. The number of nitrogens with one attached hydrogen (secondary N) is 1. The molecule has 0 bridgehead atoms. The van der Waals surface area contributed by atoms with E-state index < -0.39 is 49.4 Å². The van der Waals surface area contributed by atoms with Gasteiger partial charge in [0.1, 0.15) is 31.0 Å². The molecule has 0 radical (unpaired) electrons. The first kappa shape index (κ1) is 18.6. The summed E-state index contributed by atoms with van der Waals surface area (Å²) in [5.41, 5.74) is 0.760. The molecule has 6 atom stereocenters. The lowest BCUT2D eigenvalue weighted by atomic mass is 9.94. The van der Waals surface area contributed by atoms with E-state index >= 15 is 0 Å². The van der Waals surface area contributed by atoms with E-state index in [1.54, 1.807) is 24.3 Å². The van der Waals surface area contributed by atoms with Crippen LogP contribution in [0.1, 0.15) is 5.56 Å². The van der Waals surface area contributed by atoms with Crippen LogP contribution in [0.3, 0.4) is 0 Å². The van der Waals surface area contributed by atoms with Crippen LogP contribution in [0.2, 0.25) is 0 Å². The lowest BCUT2D eigenvalue weighted by Crippen LogP contribution is -2.64. The van der Waals surface area contributed by atoms with Crippen molar-refractivity contribution in [2.24, 2.45) is 0 Å². The summed E-state index contributed by atoms with van der Waals surface area (Å²) in [6, 6.07) is 7.76. The third-order valence-corrected chi connectivity index (χ3v) is 3.73. The van der Waals surface area contributed by atoms with Crippen molar-refractivity contribution < 1.29 is 39.8 Å². The van der Waals surface area contributed by atoms with Crippen molar-refractivity contribution in [1.82, 2.24) is 5.32 Å². The minimum absolute atomic E-state index is 0.00284. The summed E-state index contributed by atoms with van der Waals surface area (Å²) in [7, 11) is 0. The van der Waals surface area contributed by atoms with Crippen LogP contribution >= 0.6 is 0 Å². The van der Waals surface area contributed by atoms with Crippen molar-refractivity contribution in [2.45, 2.75) is 43.4 Å². The molecule has 0 aromatic heterocycles. The summed E-state index contributed by atoms with van der Waals surface area (Å²) in [6.07, 6.45) is -8.95. The number of hydrogen-bond acceptors (Lipinski definition) is 8. The Labute approximate surface area is 138 Å². The number of benzene rings is 1. The molecule has 0 spiro atoms. The van der Waals surface area contributed by atoms with Gasteiger partial charge < -0.3 is 40.3 Å². The van der Waals surface area contributed by atoms with E-state index in [4.69, 9.17) is 9.47 Å². The maximum Gasteiger partial charge on any atom is 0.407 e. The van der Waals surface area contributed by atoms with E-state index in [2.05, 4.69) is 5.32 Å². The van der Waals surface area contributed by atoms with Gasteiger partial charge in [-0.2, -0.15) is 0 Å². The van der Waals surface area contributed by atoms with Gasteiger partial charge in [0.2, 0.25) is 0 Å². The van der Waals surface area contributed by atoms with Crippen molar-refractivity contribution in [1.29, 1.82) is 0 Å². The fourth-order valence-electron chi connectivity index (χ4n) is 2.37. The van der Waals surface area contributed by atoms with Crippen LogP contribution in [0, 0.1) is 0 Å². The molecule has 9 nitrogen and oxygen atoms in total. The number of carbonyl (C=O) groups excluding carboxylic acids is 1. The van der Waals surface area contributed by atoms with Crippen molar-refractivity contribution in [3.8, 4) is 0 Å². The molecule has 1 unspecified atom stereocenters. The molecule has 0 saturated carbocycles. The van der Waals surface area contributed by atoms with E-state index in [9.17, 15) is 30.3 Å². The average Bonchev–Trinajstić information content (AvgIpc) is 2.60. The highest BCUT2D eigenvalue weighted by Crippen LogP contribution is 2.22. The molecule has 6 N–H and O–H groups in total. The molecule has 9 heteroatoms. The molecular formula is C15H21NO8. The summed E-state index contributed by atoms with van der Waals surface area (Å²) in [5, 5.41) is 50.1. The Hall–Kier alpha value is -1.75. The molecule has 1 aromatic rings. The Kier molecular flexibility index (Phi) is 6.49. The van der Waals surface area contributed by atoms with Gasteiger partial charge in [0.15, 0.2) is 6.29 Å². The number of alkyl carbamates (subject to hydrolysis) is 1. The van der Waals surface area contributed by atoms with Crippen LogP contribution in [0.15, 0.2) is 30.3 Å². The lowest BCUT2D eigenvalue weighted by molar-refractivity contribution is -0.287. The van der Waals surface area contributed by atoms with Gasteiger partial charge in [0.25, 0.3) is 0 Å². The maximum absolute atomic E-state index is 11.8. The molecule has 2 rings (SSSR count). The number of amides is 1. The van der Waals surface area contributed by atoms with Crippen molar-refractivity contribution in [2.75, 3.05) is 6.61 Å². The molecular weight excluding hydrogens is 322 g/mol. The molecule has 1 amide bonds. The Morgan fingerprint density at radius 3 is 2.42 bits per heavy atom. The van der Waals surface area contributed by atoms with Crippen molar-refractivity contribution >= 4 is 6.09 Å². The zero-order valence-electron chi connectivity index (χ0n) is 12.7. The van der Waals surface area contributed by atoms with Crippen LogP contribution in [0.4, 0.5) is 4.79 Å². The Morgan fingerprint density at radius 2 is 1.79 bits per heavy atom. The van der Waals surface area contributed by atoms with Gasteiger partial charge in [-0.1, -0.05) is 30.3 Å². The normalized spacial score (nSPS) is 31.3. The van der Waals surface area contributed by atoms with Gasteiger partial charge in [0, 0.05) is 0 Å². The summed E-state index contributed by atoms with van der Waals surface area (Å²) in [5.74, 6) is 0. The zero-order valence-corrected chi connectivity index (χ0v) is 12.7. The highest BCUT2D eigenvalue weighted by molar-refractivity contribution is 5.67. The smallest absolute Gasteiger partial charge is 0.407 e. The van der Waals surface area contributed by atoms with Crippen LogP contribution < -0.4 is 5.32 Å². The minimum Gasteiger partial charge on any atom is -0.445 e. The number of ether oxygens (including phenoxy) is 2. The first-order valence-corrected chi connectivity index (χ1v) is 7.40. The molecule has 0 aliphatic carbocycles. The predicted molar refractivity (Wildman–Crippen MR) is 79.5 cm³/mol. The standard InChI is InChI=1S/C15H21NO8/c17-6-9(13-11(19)10(18)12(20)14(21)24-13)16-15(22)23-7-8-4-2-1-3-5-8/h1-5,9-14,17-21H,6-7H2,(H,16,22)/t9-,10-,11+,12+,13+,14?/m0/s1. The lowest BCUT2D eigenvalue weighted by Gasteiger charge is -2.41. The monoisotopic (exact) mass is 343 g/mol. The average molecular weight is 343 g/mol. The third kappa shape index (κ3) is 4.41. The Balaban J connectivity index is 1.92. The number of rotatable bonds is 5. The van der Waals surface area contributed by atoms with Gasteiger partial charge in [-0.15, -0.1) is 0 Å². The van der Waals surface area contributed by atoms with E-state index in [1.165, 1.54) is 0 Å². The number of aliphatic hydroxyl groups is 5. The highest BCUT2D eigenvalue weighted by atomic mass is 16.6. The van der Waals surface area contributed by atoms with Gasteiger partial charge >= 0.3 is 6.09 Å². The summed E-state index contributed by atoms with van der Waals surface area (Å²) >= 11 is 0. The van der Waals surface area contributed by atoms with Gasteiger partial charge in [0.05, 0.1) is 12.6 Å². The molecule has 1 saturated heterocycles. The Morgan fingerprint density at radius 1 is 1.12 bits per heavy atom. The third-order valence-electron chi connectivity index (χ3n) is 3.73. The number of hydrogen-bond donors (Lipinski definition) is 6. The summed E-state index contributed by atoms with van der Waals surface area (Å²) in [4.78, 5) is 11.8.